The lowest BCUT2D eigenvalue weighted by Crippen LogP contribution is -2.37. The number of rotatable bonds is 7. The number of benzene rings is 2. The fourth-order valence-electron chi connectivity index (χ4n) is 2.67. The van der Waals surface area contributed by atoms with Crippen molar-refractivity contribution in [3.63, 3.8) is 0 Å². The average molecular weight is 343 g/mol. The van der Waals surface area contributed by atoms with E-state index in [1.807, 2.05) is 26.8 Å². The molecule has 0 aromatic heterocycles. The number of halogens is 1. The lowest BCUT2D eigenvalue weighted by molar-refractivity contribution is -0.127. The van der Waals surface area contributed by atoms with Gasteiger partial charge in [0.05, 0.1) is 0 Å². The first-order valence-corrected chi connectivity index (χ1v) is 8.63. The molecule has 1 atom stereocenters. The molecule has 1 amide bonds. The Labute approximate surface area is 149 Å². The first-order valence-electron chi connectivity index (χ1n) is 8.63. The van der Waals surface area contributed by atoms with Crippen LogP contribution in [-0.2, 0) is 11.2 Å². The molecule has 0 heterocycles. The lowest BCUT2D eigenvalue weighted by atomic mass is 10.1. The molecule has 2 aromatic rings. The average Bonchev–Trinajstić information content (AvgIpc) is 2.57. The van der Waals surface area contributed by atoms with Crippen molar-refractivity contribution < 1.29 is 13.9 Å². The molecule has 25 heavy (non-hydrogen) atoms. The minimum atomic E-state index is -0.550. The van der Waals surface area contributed by atoms with Crippen molar-refractivity contribution in [2.75, 3.05) is 6.54 Å². The van der Waals surface area contributed by atoms with E-state index in [1.54, 1.807) is 19.1 Å². The van der Waals surface area contributed by atoms with Gasteiger partial charge in [0.25, 0.3) is 5.91 Å². The SMILES string of the molecule is Cc1cc(C)c(C)c(OC(C)C(=O)NCCCc2ccc(F)cc2)c1. The van der Waals surface area contributed by atoms with Gasteiger partial charge in [0, 0.05) is 6.54 Å². The molecular formula is C21H26FNO2. The first kappa shape index (κ1) is 19.0. The summed E-state index contributed by atoms with van der Waals surface area (Å²) >= 11 is 0. The molecule has 0 saturated heterocycles. The number of carbonyl (C=O) groups is 1. The second kappa shape index (κ2) is 8.65. The van der Waals surface area contributed by atoms with Crippen LogP contribution in [0.25, 0.3) is 0 Å². The molecule has 2 rings (SSSR count). The molecular weight excluding hydrogens is 317 g/mol. The van der Waals surface area contributed by atoms with Gasteiger partial charge in [0.1, 0.15) is 11.6 Å². The molecule has 134 valence electrons. The fourth-order valence-corrected chi connectivity index (χ4v) is 2.67. The molecule has 4 heteroatoms. The predicted molar refractivity (Wildman–Crippen MR) is 98.5 cm³/mol. The van der Waals surface area contributed by atoms with E-state index in [9.17, 15) is 9.18 Å². The molecule has 0 spiro atoms. The summed E-state index contributed by atoms with van der Waals surface area (Å²) in [7, 11) is 0. The molecule has 3 nitrogen and oxygen atoms in total. The summed E-state index contributed by atoms with van der Waals surface area (Å²) in [5.41, 5.74) is 4.39. The van der Waals surface area contributed by atoms with Crippen LogP contribution in [0.3, 0.4) is 0 Å². The number of nitrogens with one attached hydrogen (secondary N) is 1. The number of ether oxygens (including phenoxy) is 1. The summed E-state index contributed by atoms with van der Waals surface area (Å²) in [6.07, 6.45) is 1.05. The Hall–Kier alpha value is -2.36. The monoisotopic (exact) mass is 343 g/mol. The number of hydrogen-bond acceptors (Lipinski definition) is 2. The van der Waals surface area contributed by atoms with Crippen LogP contribution in [0.15, 0.2) is 36.4 Å². The van der Waals surface area contributed by atoms with E-state index in [2.05, 4.69) is 11.4 Å². The van der Waals surface area contributed by atoms with Crippen molar-refractivity contribution >= 4 is 5.91 Å². The van der Waals surface area contributed by atoms with Gasteiger partial charge in [0.2, 0.25) is 0 Å². The largest absolute Gasteiger partial charge is 0.481 e. The third kappa shape index (κ3) is 5.59. The standard InChI is InChI=1S/C21H26FNO2/c1-14-12-15(2)16(3)20(13-14)25-17(4)21(24)23-11-5-6-18-7-9-19(22)10-8-18/h7-10,12-13,17H,5-6,11H2,1-4H3,(H,23,24). The normalized spacial score (nSPS) is 11.9. The Morgan fingerprint density at radius 3 is 2.52 bits per heavy atom. The van der Waals surface area contributed by atoms with E-state index in [1.165, 1.54) is 12.1 Å². The van der Waals surface area contributed by atoms with E-state index < -0.39 is 6.10 Å². The third-order valence-electron chi connectivity index (χ3n) is 4.29. The van der Waals surface area contributed by atoms with E-state index in [-0.39, 0.29) is 11.7 Å². The van der Waals surface area contributed by atoms with Crippen LogP contribution in [0.2, 0.25) is 0 Å². The highest BCUT2D eigenvalue weighted by atomic mass is 19.1. The smallest absolute Gasteiger partial charge is 0.260 e. The summed E-state index contributed by atoms with van der Waals surface area (Å²) in [5, 5.41) is 2.89. The van der Waals surface area contributed by atoms with Crippen molar-refractivity contribution in [3.05, 3.63) is 64.5 Å². The summed E-state index contributed by atoms with van der Waals surface area (Å²) in [4.78, 5) is 12.2. The Kier molecular flexibility index (Phi) is 6.57. The van der Waals surface area contributed by atoms with Crippen LogP contribution in [0.4, 0.5) is 4.39 Å². The van der Waals surface area contributed by atoms with Gasteiger partial charge in [-0.3, -0.25) is 4.79 Å². The van der Waals surface area contributed by atoms with Crippen LogP contribution in [0.5, 0.6) is 5.75 Å². The molecule has 0 radical (unpaired) electrons. The molecule has 0 aliphatic rings. The van der Waals surface area contributed by atoms with Crippen molar-refractivity contribution in [1.82, 2.24) is 5.32 Å². The van der Waals surface area contributed by atoms with Gasteiger partial charge < -0.3 is 10.1 Å². The zero-order chi connectivity index (χ0) is 18.4. The summed E-state index contributed by atoms with van der Waals surface area (Å²) in [6, 6.07) is 10.5. The molecule has 0 bridgehead atoms. The molecule has 0 fully saturated rings. The van der Waals surface area contributed by atoms with E-state index >= 15 is 0 Å². The summed E-state index contributed by atoms with van der Waals surface area (Å²) < 4.78 is 18.7. The molecule has 2 aromatic carbocycles. The van der Waals surface area contributed by atoms with Gasteiger partial charge in [-0.15, -0.1) is 0 Å². The third-order valence-corrected chi connectivity index (χ3v) is 4.29. The van der Waals surface area contributed by atoms with E-state index in [0.29, 0.717) is 6.54 Å². The van der Waals surface area contributed by atoms with Crippen LogP contribution >= 0.6 is 0 Å². The fraction of sp³-hybridized carbons (Fsp3) is 0.381. The van der Waals surface area contributed by atoms with Crippen LogP contribution in [-0.4, -0.2) is 18.6 Å². The molecule has 0 aliphatic heterocycles. The second-order valence-corrected chi connectivity index (χ2v) is 6.49. The Morgan fingerprint density at radius 2 is 1.84 bits per heavy atom. The van der Waals surface area contributed by atoms with Crippen molar-refractivity contribution in [2.45, 2.75) is 46.6 Å². The van der Waals surface area contributed by atoms with E-state index in [4.69, 9.17) is 4.74 Å². The van der Waals surface area contributed by atoms with Gasteiger partial charge in [-0.1, -0.05) is 18.2 Å². The lowest BCUT2D eigenvalue weighted by Gasteiger charge is -2.18. The maximum Gasteiger partial charge on any atom is 0.260 e. The highest BCUT2D eigenvalue weighted by Gasteiger charge is 2.16. The van der Waals surface area contributed by atoms with Gasteiger partial charge in [-0.2, -0.15) is 0 Å². The molecule has 1 N–H and O–H groups in total. The van der Waals surface area contributed by atoms with Crippen LogP contribution in [0.1, 0.15) is 35.6 Å². The summed E-state index contributed by atoms with van der Waals surface area (Å²) in [6.45, 7) is 8.37. The number of carbonyl (C=O) groups excluding carboxylic acids is 1. The molecule has 1 unspecified atom stereocenters. The Balaban J connectivity index is 1.79. The van der Waals surface area contributed by atoms with Gasteiger partial charge in [-0.05, 0) is 81.0 Å². The summed E-state index contributed by atoms with van der Waals surface area (Å²) in [5.74, 6) is 0.397. The van der Waals surface area contributed by atoms with Crippen molar-refractivity contribution in [1.29, 1.82) is 0 Å². The Bertz CT molecular complexity index is 725. The maximum absolute atomic E-state index is 12.9. The van der Waals surface area contributed by atoms with Crippen molar-refractivity contribution in [2.24, 2.45) is 0 Å². The zero-order valence-electron chi connectivity index (χ0n) is 15.4. The molecule has 0 aliphatic carbocycles. The predicted octanol–water partition coefficient (Wildman–Crippen LogP) is 4.27. The van der Waals surface area contributed by atoms with Gasteiger partial charge >= 0.3 is 0 Å². The van der Waals surface area contributed by atoms with Crippen molar-refractivity contribution in [3.8, 4) is 5.75 Å². The van der Waals surface area contributed by atoms with E-state index in [0.717, 1.165) is 40.8 Å². The second-order valence-electron chi connectivity index (χ2n) is 6.49. The number of hydrogen-bond donors (Lipinski definition) is 1. The minimum absolute atomic E-state index is 0.127. The zero-order valence-corrected chi connectivity index (χ0v) is 15.4. The Morgan fingerprint density at radius 1 is 1.16 bits per heavy atom. The molecule has 0 saturated carbocycles. The van der Waals surface area contributed by atoms with Crippen LogP contribution in [0, 0.1) is 26.6 Å². The topological polar surface area (TPSA) is 38.3 Å². The maximum atomic E-state index is 12.9. The van der Waals surface area contributed by atoms with Crippen LogP contribution < -0.4 is 10.1 Å². The highest BCUT2D eigenvalue weighted by Crippen LogP contribution is 2.24. The van der Waals surface area contributed by atoms with Gasteiger partial charge in [0.15, 0.2) is 6.10 Å². The number of aryl methyl sites for hydroxylation is 3. The minimum Gasteiger partial charge on any atom is -0.481 e. The van der Waals surface area contributed by atoms with Gasteiger partial charge in [-0.25, -0.2) is 4.39 Å². The number of amides is 1. The quantitative estimate of drug-likeness (QED) is 0.763. The first-order chi connectivity index (χ1) is 11.9. The highest BCUT2D eigenvalue weighted by molar-refractivity contribution is 5.80.